The average molecular weight is 104 g/mol. The van der Waals surface area contributed by atoms with Gasteiger partial charge in [-0.1, -0.05) is 0 Å². The Balaban J connectivity index is 0. The zero-order valence-electron chi connectivity index (χ0n) is 3.39. The van der Waals surface area contributed by atoms with Gasteiger partial charge in [-0.3, -0.25) is 4.79 Å². The quantitative estimate of drug-likeness (QED) is 0.363. The van der Waals surface area contributed by atoms with Gasteiger partial charge in [0.05, 0.1) is 0 Å². The number of carbonyl (C=O) groups excluding carboxylic acids is 1. The molecule has 0 aromatic carbocycles. The summed E-state index contributed by atoms with van der Waals surface area (Å²) in [5.41, 5.74) is 0. The summed E-state index contributed by atoms with van der Waals surface area (Å²) in [6, 6.07) is 0. The molecule has 0 aromatic rings. The van der Waals surface area contributed by atoms with Crippen LogP contribution in [0.1, 0.15) is 6.92 Å². The van der Waals surface area contributed by atoms with Gasteiger partial charge in [0, 0.05) is 6.92 Å². The largest absolute Gasteiger partial charge is 0.628 e. The normalized spacial score (nSPS) is 5.50. The monoisotopic (exact) mass is 104 g/mol. The van der Waals surface area contributed by atoms with Crippen molar-refractivity contribution < 1.29 is 14.1 Å². The molecule has 4 heteroatoms. The molecule has 0 atom stereocenters. The van der Waals surface area contributed by atoms with E-state index >= 15 is 0 Å². The van der Waals surface area contributed by atoms with E-state index < -0.39 is 0 Å². The van der Waals surface area contributed by atoms with E-state index in [1.54, 1.807) is 0 Å². The molecule has 0 rings (SSSR count). The van der Waals surface area contributed by atoms with Crippen LogP contribution in [-0.2, 0) is 8.58 Å². The summed E-state index contributed by atoms with van der Waals surface area (Å²) in [5.74, 6) is -0.282. The van der Waals surface area contributed by atoms with Crippen molar-refractivity contribution in [3.63, 3.8) is 0 Å². The molecule has 2 N–H and O–H groups in total. The molecule has 0 amide bonds. The summed E-state index contributed by atoms with van der Waals surface area (Å²) in [6.07, 6.45) is 0. The maximum absolute atomic E-state index is 9.57. The molecule has 34 valence electrons. The van der Waals surface area contributed by atoms with E-state index in [-0.39, 0.29) is 11.4 Å². The Bertz CT molecular complexity index is 44.1. The second-order valence-corrected chi connectivity index (χ2v) is 0.845. The first-order chi connectivity index (χ1) is 2.27. The third kappa shape index (κ3) is 9.03. The summed E-state index contributed by atoms with van der Waals surface area (Å²) >= 11 is 1.84. The van der Waals surface area contributed by atoms with Gasteiger partial charge < -0.3 is 9.26 Å². The predicted octanol–water partition coefficient (Wildman–Crippen LogP) is -1.19. The van der Waals surface area contributed by atoms with Crippen molar-refractivity contribution in [1.29, 1.82) is 0 Å². The predicted molar refractivity (Wildman–Crippen MR) is 21.1 cm³/mol. The van der Waals surface area contributed by atoms with E-state index in [1.165, 1.54) is 6.92 Å². The van der Waals surface area contributed by atoms with Gasteiger partial charge in [0.2, 0.25) is 0 Å². The average Bonchev–Trinajstić information content (AvgIpc) is 1.38. The molecule has 0 saturated heterocycles. The Hall–Kier alpha value is -0.0375. The van der Waals surface area contributed by atoms with Crippen LogP contribution in [0.15, 0.2) is 0 Å². The summed E-state index contributed by atoms with van der Waals surface area (Å²) in [5, 5.41) is 0. The van der Waals surface area contributed by atoms with Crippen LogP contribution in [0.2, 0.25) is 0 Å². The minimum Gasteiger partial charge on any atom is -0.628 e. The van der Waals surface area contributed by atoms with E-state index in [4.69, 9.17) is 0 Å². The van der Waals surface area contributed by atoms with Crippen LogP contribution < -0.4 is 0 Å². The van der Waals surface area contributed by atoms with Gasteiger partial charge >= 0.3 is 16.6 Å². The van der Waals surface area contributed by atoms with E-state index in [9.17, 15) is 4.79 Å². The van der Waals surface area contributed by atoms with Crippen molar-refractivity contribution in [3.8, 4) is 0 Å². The number of rotatable bonds is 0. The number of carbonyl (C=O) groups is 1. The summed E-state index contributed by atoms with van der Waals surface area (Å²) in [4.78, 5) is 9.57. The van der Waals surface area contributed by atoms with Crippen LogP contribution in [0.4, 0.5) is 0 Å². The topological polar surface area (TPSA) is 57.8 Å². The standard InChI is InChI=1S/C2H4O2.Al.H2O/c1-2(3)4;;/h1H3,(H,3,4);;1H2/q;+1;/p-1. The molecule has 0 saturated carbocycles. The maximum Gasteiger partial charge on any atom is 0.484 e. The second kappa shape index (κ2) is 4.96. The first-order valence-corrected chi connectivity index (χ1v) is 1.62. The molecular formula is C2H5AlO3. The Morgan fingerprint density at radius 2 is 2.00 bits per heavy atom. The highest BCUT2D eigenvalue weighted by Gasteiger charge is 1.74. The zero-order valence-corrected chi connectivity index (χ0v) is 4.55. The van der Waals surface area contributed by atoms with Crippen molar-refractivity contribution in [2.45, 2.75) is 6.92 Å². The molecule has 0 heterocycles. The Morgan fingerprint density at radius 3 is 2.00 bits per heavy atom. The number of hydrogen-bond acceptors (Lipinski definition) is 2. The van der Waals surface area contributed by atoms with E-state index in [2.05, 4.69) is 3.79 Å². The smallest absolute Gasteiger partial charge is 0.484 e. The van der Waals surface area contributed by atoms with Crippen LogP contribution in [0.5, 0.6) is 0 Å². The van der Waals surface area contributed by atoms with Gasteiger partial charge in [-0.15, -0.1) is 0 Å². The molecule has 0 aromatic heterocycles. The first kappa shape index (κ1) is 9.35. The van der Waals surface area contributed by atoms with Gasteiger partial charge in [-0.25, -0.2) is 0 Å². The van der Waals surface area contributed by atoms with E-state index in [1.807, 2.05) is 16.6 Å². The van der Waals surface area contributed by atoms with Crippen molar-refractivity contribution in [2.24, 2.45) is 0 Å². The van der Waals surface area contributed by atoms with Gasteiger partial charge in [0.1, 0.15) is 0 Å². The van der Waals surface area contributed by atoms with Gasteiger partial charge in [-0.2, -0.15) is 0 Å². The first-order valence-electron chi connectivity index (χ1n) is 1.14. The van der Waals surface area contributed by atoms with Crippen molar-refractivity contribution in [1.82, 2.24) is 0 Å². The van der Waals surface area contributed by atoms with Gasteiger partial charge in [0.25, 0.3) is 5.97 Å². The van der Waals surface area contributed by atoms with Crippen LogP contribution in [0.3, 0.4) is 0 Å². The lowest BCUT2D eigenvalue weighted by molar-refractivity contribution is -0.131. The molecule has 0 aliphatic rings. The molecule has 0 aliphatic carbocycles. The summed E-state index contributed by atoms with van der Waals surface area (Å²) in [6.45, 7) is 1.34. The SMILES string of the molecule is CC(=O)[O][Al].O. The fourth-order valence-corrected chi connectivity index (χ4v) is 0. The highest BCUT2D eigenvalue weighted by molar-refractivity contribution is 6.04. The van der Waals surface area contributed by atoms with Crippen LogP contribution >= 0.6 is 0 Å². The third-order valence-corrected chi connectivity index (χ3v) is 0.498. The lowest BCUT2D eigenvalue weighted by Gasteiger charge is -1.85. The lowest BCUT2D eigenvalue weighted by Crippen LogP contribution is -1.90. The van der Waals surface area contributed by atoms with Crippen LogP contribution in [0, 0.1) is 0 Å². The third-order valence-electron chi connectivity index (χ3n) is 0.166. The van der Waals surface area contributed by atoms with Crippen molar-refractivity contribution >= 4 is 22.6 Å². The summed E-state index contributed by atoms with van der Waals surface area (Å²) in [7, 11) is 0. The second-order valence-electron chi connectivity index (χ2n) is 0.609. The molecule has 2 radical (unpaired) electrons. The number of hydrogen-bond donors (Lipinski definition) is 0. The van der Waals surface area contributed by atoms with Crippen molar-refractivity contribution in [3.05, 3.63) is 0 Å². The minimum atomic E-state index is -0.282. The molecule has 0 fully saturated rings. The lowest BCUT2D eigenvalue weighted by atomic mass is 10.9. The van der Waals surface area contributed by atoms with Crippen LogP contribution in [-0.4, -0.2) is 28.1 Å². The van der Waals surface area contributed by atoms with E-state index in [0.29, 0.717) is 0 Å². The van der Waals surface area contributed by atoms with E-state index in [0.717, 1.165) is 0 Å². The van der Waals surface area contributed by atoms with Crippen molar-refractivity contribution in [2.75, 3.05) is 0 Å². The Morgan fingerprint density at radius 1 is 1.83 bits per heavy atom. The Labute approximate surface area is 44.4 Å². The molecule has 3 nitrogen and oxygen atoms in total. The minimum absolute atomic E-state index is 0. The fraction of sp³-hybridized carbons (Fsp3) is 0.500. The maximum atomic E-state index is 9.57. The fourth-order valence-electron chi connectivity index (χ4n) is 0. The molecule has 6 heavy (non-hydrogen) atoms. The Kier molecular flexibility index (Phi) is 7.73. The van der Waals surface area contributed by atoms with Gasteiger partial charge in [0.15, 0.2) is 0 Å². The van der Waals surface area contributed by atoms with Gasteiger partial charge in [-0.05, 0) is 0 Å². The highest BCUT2D eigenvalue weighted by Crippen LogP contribution is 1.58. The molecule has 0 bridgehead atoms. The molecule has 0 aliphatic heterocycles. The highest BCUT2D eigenvalue weighted by atomic mass is 27.1. The molecule has 0 unspecified atom stereocenters. The molecular weight excluding hydrogens is 99.0 g/mol. The van der Waals surface area contributed by atoms with Crippen LogP contribution in [0.25, 0.3) is 0 Å². The summed E-state index contributed by atoms with van der Waals surface area (Å²) < 4.78 is 4.03. The molecule has 0 spiro atoms. The zero-order chi connectivity index (χ0) is 4.28.